The minimum Gasteiger partial charge on any atom is -0.397 e. The van der Waals surface area contributed by atoms with E-state index in [1.165, 1.54) is 0 Å². The highest BCUT2D eigenvalue weighted by Crippen LogP contribution is 2.25. The number of nitrogens with two attached hydrogens (primary N) is 2. The first kappa shape index (κ1) is 8.40. The minimum atomic E-state index is 0.572. The summed E-state index contributed by atoms with van der Waals surface area (Å²) < 4.78 is 0. The largest absolute Gasteiger partial charge is 0.397 e. The molecule has 0 amide bonds. The molecular weight excluding hydrogens is 148 g/mol. The molecule has 0 aliphatic rings. The normalized spacial score (nSPS) is 9.33. The van der Waals surface area contributed by atoms with Crippen LogP contribution in [0.1, 0.15) is 11.1 Å². The summed E-state index contributed by atoms with van der Waals surface area (Å²) in [5, 5.41) is 0. The fourth-order valence-corrected chi connectivity index (χ4v) is 1.03. The number of nitrogen functional groups attached to an aromatic ring is 2. The smallest absolute Gasteiger partial charge is 0.0627 e. The maximum Gasteiger partial charge on any atom is 0.0627 e. The fourth-order valence-electron chi connectivity index (χ4n) is 1.03. The van der Waals surface area contributed by atoms with Gasteiger partial charge in [-0.15, -0.1) is 0 Å². The maximum atomic E-state index is 5.73. The Morgan fingerprint density at radius 2 is 1.25 bits per heavy atom. The van der Waals surface area contributed by atoms with E-state index in [1.54, 1.807) is 12.2 Å². The van der Waals surface area contributed by atoms with Crippen molar-refractivity contribution in [3.8, 4) is 0 Å². The van der Waals surface area contributed by atoms with Crippen LogP contribution < -0.4 is 11.5 Å². The number of hydrogen-bond donors (Lipinski definition) is 2. The van der Waals surface area contributed by atoms with E-state index in [0.717, 1.165) is 11.1 Å². The van der Waals surface area contributed by atoms with Gasteiger partial charge in [0.05, 0.1) is 11.4 Å². The van der Waals surface area contributed by atoms with Gasteiger partial charge in [0.25, 0.3) is 0 Å². The monoisotopic (exact) mass is 160 g/mol. The lowest BCUT2D eigenvalue weighted by molar-refractivity contribution is 1.60. The Labute approximate surface area is 72.2 Å². The Morgan fingerprint density at radius 3 is 1.50 bits per heavy atom. The lowest BCUT2D eigenvalue weighted by Gasteiger charge is -2.06. The zero-order valence-corrected chi connectivity index (χ0v) is 6.88. The third kappa shape index (κ3) is 1.19. The molecule has 62 valence electrons. The van der Waals surface area contributed by atoms with Gasteiger partial charge in [-0.2, -0.15) is 0 Å². The molecule has 1 rings (SSSR count). The number of rotatable bonds is 2. The Hall–Kier alpha value is -1.70. The highest BCUT2D eigenvalue weighted by Gasteiger charge is 2.02. The zero-order valence-electron chi connectivity index (χ0n) is 6.88. The first-order valence-corrected chi connectivity index (χ1v) is 3.63. The van der Waals surface area contributed by atoms with Crippen LogP contribution in [0.4, 0.5) is 11.4 Å². The molecule has 2 nitrogen and oxygen atoms in total. The van der Waals surface area contributed by atoms with Crippen LogP contribution in [-0.2, 0) is 0 Å². The zero-order chi connectivity index (χ0) is 9.14. The molecule has 0 radical (unpaired) electrons. The van der Waals surface area contributed by atoms with Crippen LogP contribution in [0.2, 0.25) is 0 Å². The Morgan fingerprint density at radius 1 is 0.917 bits per heavy atom. The van der Waals surface area contributed by atoms with Gasteiger partial charge in [0, 0.05) is 0 Å². The van der Waals surface area contributed by atoms with Crippen LogP contribution in [0, 0.1) is 0 Å². The van der Waals surface area contributed by atoms with Crippen molar-refractivity contribution in [2.45, 2.75) is 0 Å². The van der Waals surface area contributed by atoms with Crippen molar-refractivity contribution in [2.75, 3.05) is 11.5 Å². The van der Waals surface area contributed by atoms with E-state index in [1.807, 2.05) is 12.1 Å². The van der Waals surface area contributed by atoms with E-state index in [0.29, 0.717) is 11.4 Å². The molecule has 0 atom stereocenters. The van der Waals surface area contributed by atoms with Gasteiger partial charge < -0.3 is 11.5 Å². The molecule has 0 bridgehead atoms. The van der Waals surface area contributed by atoms with Crippen molar-refractivity contribution < 1.29 is 0 Å². The van der Waals surface area contributed by atoms with Crippen LogP contribution in [0.5, 0.6) is 0 Å². The van der Waals surface area contributed by atoms with Gasteiger partial charge in [-0.05, 0) is 11.1 Å². The summed E-state index contributed by atoms with van der Waals surface area (Å²) in [7, 11) is 0. The van der Waals surface area contributed by atoms with Gasteiger partial charge in [0.1, 0.15) is 0 Å². The van der Waals surface area contributed by atoms with Crippen LogP contribution in [-0.4, -0.2) is 0 Å². The van der Waals surface area contributed by atoms with Gasteiger partial charge in [0.15, 0.2) is 0 Å². The summed E-state index contributed by atoms with van der Waals surface area (Å²) in [6.07, 6.45) is 3.36. The molecule has 0 aliphatic carbocycles. The molecule has 4 N–H and O–H groups in total. The van der Waals surface area contributed by atoms with Crippen molar-refractivity contribution in [3.05, 3.63) is 36.4 Å². The fraction of sp³-hybridized carbons (Fsp3) is 0. The van der Waals surface area contributed by atoms with Gasteiger partial charge in [-0.25, -0.2) is 0 Å². The van der Waals surface area contributed by atoms with Gasteiger partial charge >= 0.3 is 0 Å². The molecule has 12 heavy (non-hydrogen) atoms. The van der Waals surface area contributed by atoms with E-state index in [-0.39, 0.29) is 0 Å². The third-order valence-corrected chi connectivity index (χ3v) is 1.79. The van der Waals surface area contributed by atoms with Gasteiger partial charge in [0.2, 0.25) is 0 Å². The van der Waals surface area contributed by atoms with Gasteiger partial charge in [-0.1, -0.05) is 37.4 Å². The maximum absolute atomic E-state index is 5.73. The van der Waals surface area contributed by atoms with Crippen molar-refractivity contribution >= 4 is 23.5 Å². The molecule has 0 spiro atoms. The topological polar surface area (TPSA) is 52.0 Å². The van der Waals surface area contributed by atoms with E-state index >= 15 is 0 Å². The molecule has 2 heteroatoms. The average molecular weight is 160 g/mol. The van der Waals surface area contributed by atoms with E-state index in [2.05, 4.69) is 13.2 Å². The van der Waals surface area contributed by atoms with Crippen molar-refractivity contribution in [1.82, 2.24) is 0 Å². The first-order valence-electron chi connectivity index (χ1n) is 3.63. The summed E-state index contributed by atoms with van der Waals surface area (Å²) in [6, 6.07) is 3.74. The second kappa shape index (κ2) is 3.13. The predicted octanol–water partition coefficient (Wildman–Crippen LogP) is 2.14. The highest BCUT2D eigenvalue weighted by atomic mass is 14.7. The Bertz CT molecular complexity index is 294. The number of hydrogen-bond acceptors (Lipinski definition) is 2. The lowest BCUT2D eigenvalue weighted by Crippen LogP contribution is -1.99. The standard InChI is InChI=1S/C10H12N2/c1-3-7-5-6-8(4-2)10(12)9(7)11/h3-6H,1-2,11-12H2. The van der Waals surface area contributed by atoms with Crippen LogP contribution >= 0.6 is 0 Å². The van der Waals surface area contributed by atoms with Crippen LogP contribution in [0.3, 0.4) is 0 Å². The molecule has 0 aliphatic heterocycles. The molecule has 0 saturated heterocycles. The van der Waals surface area contributed by atoms with E-state index < -0.39 is 0 Å². The molecule has 0 fully saturated rings. The van der Waals surface area contributed by atoms with Crippen LogP contribution in [0.15, 0.2) is 25.3 Å². The number of anilines is 2. The number of benzene rings is 1. The molecule has 1 aromatic carbocycles. The van der Waals surface area contributed by atoms with Crippen molar-refractivity contribution in [2.24, 2.45) is 0 Å². The van der Waals surface area contributed by atoms with Gasteiger partial charge in [-0.3, -0.25) is 0 Å². The van der Waals surface area contributed by atoms with E-state index in [4.69, 9.17) is 11.5 Å². The lowest BCUT2D eigenvalue weighted by atomic mass is 10.1. The summed E-state index contributed by atoms with van der Waals surface area (Å²) in [5.41, 5.74) is 14.3. The summed E-state index contributed by atoms with van der Waals surface area (Å²) in [4.78, 5) is 0. The summed E-state index contributed by atoms with van der Waals surface area (Å²) >= 11 is 0. The van der Waals surface area contributed by atoms with Crippen LogP contribution in [0.25, 0.3) is 12.2 Å². The summed E-state index contributed by atoms with van der Waals surface area (Å²) in [6.45, 7) is 7.25. The van der Waals surface area contributed by atoms with Crippen molar-refractivity contribution in [3.63, 3.8) is 0 Å². The summed E-state index contributed by atoms with van der Waals surface area (Å²) in [5.74, 6) is 0. The quantitative estimate of drug-likeness (QED) is 0.651. The second-order valence-electron chi connectivity index (χ2n) is 2.48. The Balaban J connectivity index is 3.38. The minimum absolute atomic E-state index is 0.572. The molecular formula is C10H12N2. The first-order chi connectivity index (χ1) is 5.70. The van der Waals surface area contributed by atoms with E-state index in [9.17, 15) is 0 Å². The SMILES string of the molecule is C=Cc1ccc(C=C)c(N)c1N. The predicted molar refractivity (Wildman–Crippen MR) is 55.4 cm³/mol. The molecule has 0 heterocycles. The molecule has 0 aromatic heterocycles. The molecule has 0 saturated carbocycles. The average Bonchev–Trinajstić information content (AvgIpc) is 2.10. The second-order valence-corrected chi connectivity index (χ2v) is 2.48. The molecule has 0 unspecified atom stereocenters. The van der Waals surface area contributed by atoms with Crippen molar-refractivity contribution in [1.29, 1.82) is 0 Å². The highest BCUT2D eigenvalue weighted by molar-refractivity contribution is 5.82. The molecule has 1 aromatic rings. The Kier molecular flexibility index (Phi) is 2.19. The third-order valence-electron chi connectivity index (χ3n) is 1.79.